The number of hydrogen-bond donors (Lipinski definition) is 1. The molecule has 0 aliphatic heterocycles. The van der Waals surface area contributed by atoms with Gasteiger partial charge in [-0.2, -0.15) is 0 Å². The first-order chi connectivity index (χ1) is 11.5. The van der Waals surface area contributed by atoms with Gasteiger partial charge in [-0.25, -0.2) is 4.39 Å². The molecule has 4 heteroatoms. The molecule has 0 saturated heterocycles. The van der Waals surface area contributed by atoms with Gasteiger partial charge in [0.15, 0.2) is 6.10 Å². The van der Waals surface area contributed by atoms with Crippen LogP contribution in [0.25, 0.3) is 0 Å². The molecule has 0 radical (unpaired) electrons. The summed E-state index contributed by atoms with van der Waals surface area (Å²) < 4.78 is 18.6. The number of rotatable bonds is 5. The van der Waals surface area contributed by atoms with Crippen molar-refractivity contribution in [2.24, 2.45) is 23.2 Å². The van der Waals surface area contributed by atoms with Crippen LogP contribution in [0.4, 0.5) is 4.39 Å². The van der Waals surface area contributed by atoms with Gasteiger partial charge in [-0.1, -0.05) is 0 Å². The Morgan fingerprint density at radius 1 is 1.17 bits per heavy atom. The highest BCUT2D eigenvalue weighted by Gasteiger charge is 2.50. The predicted molar refractivity (Wildman–Crippen MR) is 90.1 cm³/mol. The zero-order valence-electron chi connectivity index (χ0n) is 14.3. The largest absolute Gasteiger partial charge is 0.481 e. The topological polar surface area (TPSA) is 38.3 Å². The summed E-state index contributed by atoms with van der Waals surface area (Å²) in [6.07, 6.45) is 7.53. The molecule has 24 heavy (non-hydrogen) atoms. The lowest BCUT2D eigenvalue weighted by molar-refractivity contribution is -0.129. The van der Waals surface area contributed by atoms with Gasteiger partial charge in [0.05, 0.1) is 0 Å². The van der Waals surface area contributed by atoms with Gasteiger partial charge in [0.2, 0.25) is 0 Å². The van der Waals surface area contributed by atoms with E-state index in [4.69, 9.17) is 4.74 Å². The maximum Gasteiger partial charge on any atom is 0.260 e. The molecule has 1 amide bonds. The Hall–Kier alpha value is -1.58. The highest BCUT2D eigenvalue weighted by molar-refractivity contribution is 5.80. The molecule has 0 heterocycles. The molecule has 1 N–H and O–H groups in total. The summed E-state index contributed by atoms with van der Waals surface area (Å²) in [4.78, 5) is 12.4. The first-order valence-corrected chi connectivity index (χ1v) is 9.21. The minimum atomic E-state index is -0.565. The Morgan fingerprint density at radius 3 is 2.25 bits per heavy atom. The van der Waals surface area contributed by atoms with Crippen LogP contribution in [0.2, 0.25) is 0 Å². The van der Waals surface area contributed by atoms with E-state index in [1.807, 2.05) is 0 Å². The first-order valence-electron chi connectivity index (χ1n) is 9.21. The third-order valence-electron chi connectivity index (χ3n) is 6.30. The molecule has 1 aromatic carbocycles. The molecule has 0 spiro atoms. The van der Waals surface area contributed by atoms with Crippen molar-refractivity contribution in [1.82, 2.24) is 5.32 Å². The molecule has 4 saturated carbocycles. The fourth-order valence-corrected chi connectivity index (χ4v) is 5.70. The van der Waals surface area contributed by atoms with Gasteiger partial charge in [0, 0.05) is 6.54 Å². The van der Waals surface area contributed by atoms with E-state index in [1.165, 1.54) is 50.7 Å². The van der Waals surface area contributed by atoms with Gasteiger partial charge < -0.3 is 10.1 Å². The summed E-state index contributed by atoms with van der Waals surface area (Å²) in [6.45, 7) is 2.53. The standard InChI is InChI=1S/C20H26FNO2/c1-13(24-18-4-2-17(21)3-5-18)19(23)22-12-20-9-14-6-15(10-20)8-16(7-14)11-20/h2-5,13-16H,6-12H2,1H3,(H,22,23)/t13-,14?,15?,16?,20?/m1/s1. The predicted octanol–water partition coefficient (Wildman–Crippen LogP) is 3.93. The van der Waals surface area contributed by atoms with Crippen molar-refractivity contribution in [3.05, 3.63) is 30.1 Å². The second-order valence-corrected chi connectivity index (χ2v) is 8.35. The van der Waals surface area contributed by atoms with Crippen LogP contribution in [0.3, 0.4) is 0 Å². The SMILES string of the molecule is C[C@@H](Oc1ccc(F)cc1)C(=O)NCC12CC3CC(CC(C3)C1)C2. The summed E-state index contributed by atoms with van der Waals surface area (Å²) >= 11 is 0. The Balaban J connectivity index is 1.32. The summed E-state index contributed by atoms with van der Waals surface area (Å²) in [5.41, 5.74) is 0.333. The van der Waals surface area contributed by atoms with Crippen LogP contribution in [-0.4, -0.2) is 18.6 Å². The number of nitrogens with one attached hydrogen (secondary N) is 1. The number of halogens is 1. The molecule has 5 rings (SSSR count). The fraction of sp³-hybridized carbons (Fsp3) is 0.650. The lowest BCUT2D eigenvalue weighted by Gasteiger charge is -2.56. The number of carbonyl (C=O) groups is 1. The lowest BCUT2D eigenvalue weighted by atomic mass is 9.49. The van der Waals surface area contributed by atoms with Crippen LogP contribution in [0, 0.1) is 29.0 Å². The van der Waals surface area contributed by atoms with Crippen LogP contribution >= 0.6 is 0 Å². The van der Waals surface area contributed by atoms with Crippen LogP contribution in [0.15, 0.2) is 24.3 Å². The second kappa shape index (κ2) is 6.05. The molecule has 4 aliphatic carbocycles. The summed E-state index contributed by atoms with van der Waals surface area (Å²) in [5, 5.41) is 3.13. The van der Waals surface area contributed by atoms with E-state index in [9.17, 15) is 9.18 Å². The fourth-order valence-electron chi connectivity index (χ4n) is 5.70. The van der Waals surface area contributed by atoms with Gasteiger partial charge >= 0.3 is 0 Å². The smallest absolute Gasteiger partial charge is 0.260 e. The minimum Gasteiger partial charge on any atom is -0.481 e. The van der Waals surface area contributed by atoms with Crippen LogP contribution in [0.1, 0.15) is 45.4 Å². The van der Waals surface area contributed by atoms with Crippen LogP contribution in [0.5, 0.6) is 5.75 Å². The molecular weight excluding hydrogens is 305 g/mol. The first kappa shape index (κ1) is 15.9. The zero-order valence-corrected chi connectivity index (χ0v) is 14.3. The molecule has 0 aromatic heterocycles. The van der Waals surface area contributed by atoms with E-state index in [0.29, 0.717) is 11.2 Å². The van der Waals surface area contributed by atoms with Crippen molar-refractivity contribution in [3.8, 4) is 5.75 Å². The summed E-state index contributed by atoms with van der Waals surface area (Å²) in [6, 6.07) is 5.79. The van der Waals surface area contributed by atoms with E-state index in [-0.39, 0.29) is 11.7 Å². The normalized spacial score (nSPS) is 34.8. The van der Waals surface area contributed by atoms with Gasteiger partial charge in [0.1, 0.15) is 11.6 Å². The van der Waals surface area contributed by atoms with Crippen molar-refractivity contribution in [1.29, 1.82) is 0 Å². The van der Waals surface area contributed by atoms with Gasteiger partial charge in [0.25, 0.3) is 5.91 Å². The Bertz CT molecular complexity index is 577. The van der Waals surface area contributed by atoms with E-state index in [0.717, 1.165) is 24.3 Å². The van der Waals surface area contributed by atoms with Crippen LogP contribution in [-0.2, 0) is 4.79 Å². The molecule has 3 nitrogen and oxygen atoms in total. The third-order valence-corrected chi connectivity index (χ3v) is 6.30. The maximum atomic E-state index is 12.9. The van der Waals surface area contributed by atoms with Crippen LogP contribution < -0.4 is 10.1 Å². The summed E-state index contributed by atoms with van der Waals surface area (Å²) in [5.74, 6) is 2.81. The number of benzene rings is 1. The highest BCUT2D eigenvalue weighted by atomic mass is 19.1. The second-order valence-electron chi connectivity index (χ2n) is 8.35. The molecule has 130 valence electrons. The monoisotopic (exact) mass is 331 g/mol. The maximum absolute atomic E-state index is 12.9. The average Bonchev–Trinajstić information content (AvgIpc) is 2.53. The van der Waals surface area contributed by atoms with E-state index in [1.54, 1.807) is 19.1 Å². The number of amides is 1. The van der Waals surface area contributed by atoms with Gasteiger partial charge in [-0.15, -0.1) is 0 Å². The number of hydrogen-bond acceptors (Lipinski definition) is 2. The lowest BCUT2D eigenvalue weighted by Crippen LogP contribution is -2.52. The minimum absolute atomic E-state index is 0.0740. The molecule has 1 atom stereocenters. The number of ether oxygens (including phenoxy) is 1. The quantitative estimate of drug-likeness (QED) is 0.888. The zero-order chi connectivity index (χ0) is 16.7. The molecule has 4 aliphatic rings. The van der Waals surface area contributed by atoms with E-state index in [2.05, 4.69) is 5.32 Å². The van der Waals surface area contributed by atoms with Gasteiger partial charge in [-0.05, 0) is 92.9 Å². The molecule has 1 aromatic rings. The molecular formula is C20H26FNO2. The Kier molecular flexibility index (Phi) is 4.01. The van der Waals surface area contributed by atoms with E-state index >= 15 is 0 Å². The Morgan fingerprint density at radius 2 is 1.71 bits per heavy atom. The third kappa shape index (κ3) is 3.15. The van der Waals surface area contributed by atoms with Crippen molar-refractivity contribution in [3.63, 3.8) is 0 Å². The molecule has 4 bridgehead atoms. The van der Waals surface area contributed by atoms with Crippen molar-refractivity contribution >= 4 is 5.91 Å². The van der Waals surface area contributed by atoms with Crippen molar-refractivity contribution in [2.45, 2.75) is 51.6 Å². The van der Waals surface area contributed by atoms with Crippen molar-refractivity contribution < 1.29 is 13.9 Å². The summed E-state index contributed by atoms with van der Waals surface area (Å²) in [7, 11) is 0. The number of carbonyl (C=O) groups excluding carboxylic acids is 1. The molecule has 0 unspecified atom stereocenters. The van der Waals surface area contributed by atoms with Crippen molar-refractivity contribution in [2.75, 3.05) is 6.54 Å². The average molecular weight is 331 g/mol. The highest BCUT2D eigenvalue weighted by Crippen LogP contribution is 2.59. The van der Waals surface area contributed by atoms with Gasteiger partial charge in [-0.3, -0.25) is 4.79 Å². The Labute approximate surface area is 143 Å². The van der Waals surface area contributed by atoms with E-state index < -0.39 is 6.10 Å². The molecule has 4 fully saturated rings.